The van der Waals surface area contributed by atoms with Gasteiger partial charge in [-0.05, 0) is 67.0 Å². The monoisotopic (exact) mass is 395 g/mol. The highest BCUT2D eigenvalue weighted by Crippen LogP contribution is 2.33. The van der Waals surface area contributed by atoms with Crippen LogP contribution in [0.3, 0.4) is 0 Å². The largest absolute Gasteiger partial charge is 0.478 e. The first-order chi connectivity index (χ1) is 13.7. The van der Waals surface area contributed by atoms with Crippen molar-refractivity contribution in [2.75, 3.05) is 19.8 Å². The maximum Gasteiger partial charge on any atom is 0.159 e. The van der Waals surface area contributed by atoms with E-state index in [1.165, 1.54) is 51.4 Å². The summed E-state index contributed by atoms with van der Waals surface area (Å²) in [5.74, 6) is 2.94. The summed E-state index contributed by atoms with van der Waals surface area (Å²) in [7, 11) is 0. The van der Waals surface area contributed by atoms with E-state index in [1.807, 2.05) is 30.3 Å². The molecule has 2 fully saturated rings. The third-order valence-corrected chi connectivity index (χ3v) is 6.73. The van der Waals surface area contributed by atoms with Crippen molar-refractivity contribution in [3.05, 3.63) is 42.0 Å². The van der Waals surface area contributed by atoms with Gasteiger partial charge in [0.1, 0.15) is 12.5 Å². The van der Waals surface area contributed by atoms with E-state index < -0.39 is 0 Å². The standard InChI is InChI=1S/C25H33NO2.CH4/c1-19(27)22-7-8-24-17-25(10-9-23(24)16-22)28-18-26-13-11-21(12-14-26)15-20-5-3-2-4-6-20;/h7-10,16-17,20-21H,2-6,11-15,18H2,1H3;1H4. The van der Waals surface area contributed by atoms with Crippen molar-refractivity contribution < 1.29 is 9.53 Å². The van der Waals surface area contributed by atoms with Gasteiger partial charge >= 0.3 is 0 Å². The first-order valence-corrected chi connectivity index (χ1v) is 11.1. The van der Waals surface area contributed by atoms with E-state index in [9.17, 15) is 4.79 Å². The predicted molar refractivity (Wildman–Crippen MR) is 122 cm³/mol. The second-order valence-corrected chi connectivity index (χ2v) is 8.85. The Balaban J connectivity index is 0.00000240. The van der Waals surface area contributed by atoms with Crippen LogP contribution in [-0.2, 0) is 0 Å². The van der Waals surface area contributed by atoms with Gasteiger partial charge in [0, 0.05) is 18.7 Å². The molecule has 3 nitrogen and oxygen atoms in total. The van der Waals surface area contributed by atoms with Crippen LogP contribution < -0.4 is 4.74 Å². The lowest BCUT2D eigenvalue weighted by Crippen LogP contribution is -2.37. The van der Waals surface area contributed by atoms with Crippen molar-refractivity contribution in [1.29, 1.82) is 0 Å². The summed E-state index contributed by atoms with van der Waals surface area (Å²) in [5, 5.41) is 2.21. The van der Waals surface area contributed by atoms with Gasteiger partial charge in [-0.2, -0.15) is 0 Å². The van der Waals surface area contributed by atoms with Crippen molar-refractivity contribution in [2.24, 2.45) is 11.8 Å². The summed E-state index contributed by atoms with van der Waals surface area (Å²) in [5.41, 5.74) is 0.761. The molecule has 0 spiro atoms. The molecule has 0 bridgehead atoms. The van der Waals surface area contributed by atoms with E-state index >= 15 is 0 Å². The molecule has 1 aliphatic heterocycles. The lowest BCUT2D eigenvalue weighted by atomic mass is 9.80. The van der Waals surface area contributed by atoms with Crippen molar-refractivity contribution in [3.8, 4) is 5.75 Å². The van der Waals surface area contributed by atoms with E-state index in [2.05, 4.69) is 11.0 Å². The van der Waals surface area contributed by atoms with Gasteiger partial charge in [-0.1, -0.05) is 57.7 Å². The quantitative estimate of drug-likeness (QED) is 0.510. The number of Topliss-reactive ketones (excluding diaryl/α,β-unsaturated/α-hetero) is 1. The second kappa shape index (κ2) is 10.2. The third kappa shape index (κ3) is 5.82. The normalized spacial score (nSPS) is 19.1. The molecule has 1 aliphatic carbocycles. The zero-order valence-corrected chi connectivity index (χ0v) is 17.2. The Bertz CT molecular complexity index is 801. The zero-order chi connectivity index (χ0) is 19.3. The minimum absolute atomic E-state index is 0. The van der Waals surface area contributed by atoms with Gasteiger partial charge in [0.05, 0.1) is 0 Å². The summed E-state index contributed by atoms with van der Waals surface area (Å²) in [4.78, 5) is 14.0. The summed E-state index contributed by atoms with van der Waals surface area (Å²) < 4.78 is 6.08. The Morgan fingerprint density at radius 3 is 2.31 bits per heavy atom. The molecule has 0 radical (unpaired) electrons. The number of likely N-dealkylation sites (tertiary alicyclic amines) is 1. The molecule has 0 aromatic heterocycles. The number of carbonyl (C=O) groups is 1. The molecule has 1 heterocycles. The Labute approximate surface area is 176 Å². The first kappa shape index (κ1) is 21.8. The zero-order valence-electron chi connectivity index (χ0n) is 17.2. The molecule has 0 atom stereocenters. The smallest absolute Gasteiger partial charge is 0.159 e. The van der Waals surface area contributed by atoms with Crippen LogP contribution in [0.25, 0.3) is 10.8 Å². The van der Waals surface area contributed by atoms with Crippen LogP contribution in [0.15, 0.2) is 36.4 Å². The van der Waals surface area contributed by atoms with Crippen molar-refractivity contribution >= 4 is 16.6 Å². The highest BCUT2D eigenvalue weighted by Gasteiger charge is 2.23. The molecule has 2 aliphatic rings. The molecule has 1 saturated carbocycles. The molecule has 0 amide bonds. The number of hydrogen-bond acceptors (Lipinski definition) is 3. The van der Waals surface area contributed by atoms with Crippen LogP contribution in [0.5, 0.6) is 5.75 Å². The minimum Gasteiger partial charge on any atom is -0.478 e. The van der Waals surface area contributed by atoms with E-state index in [1.54, 1.807) is 6.92 Å². The number of carbonyl (C=O) groups excluding carboxylic acids is 1. The van der Waals surface area contributed by atoms with Crippen LogP contribution in [0.2, 0.25) is 0 Å². The summed E-state index contributed by atoms with van der Waals surface area (Å²) in [6, 6.07) is 12.0. The maximum atomic E-state index is 11.5. The van der Waals surface area contributed by atoms with E-state index in [0.29, 0.717) is 6.73 Å². The maximum absolute atomic E-state index is 11.5. The van der Waals surface area contributed by atoms with Crippen LogP contribution in [0, 0.1) is 11.8 Å². The number of rotatable bonds is 6. The fourth-order valence-electron chi connectivity index (χ4n) is 4.94. The van der Waals surface area contributed by atoms with Crippen molar-refractivity contribution in [2.45, 2.75) is 65.7 Å². The Morgan fingerprint density at radius 2 is 1.59 bits per heavy atom. The SMILES string of the molecule is C.CC(=O)c1ccc2cc(OCN3CCC(CC4CCCCC4)CC3)ccc2c1. The van der Waals surface area contributed by atoms with Gasteiger partial charge in [-0.3, -0.25) is 9.69 Å². The highest BCUT2D eigenvalue weighted by atomic mass is 16.5. The lowest BCUT2D eigenvalue weighted by molar-refractivity contribution is 0.0804. The van der Waals surface area contributed by atoms with E-state index in [0.717, 1.165) is 47.0 Å². The molecule has 3 heteroatoms. The second-order valence-electron chi connectivity index (χ2n) is 8.85. The van der Waals surface area contributed by atoms with Crippen molar-refractivity contribution in [3.63, 3.8) is 0 Å². The molecule has 1 saturated heterocycles. The molecule has 29 heavy (non-hydrogen) atoms. The molecular weight excluding hydrogens is 358 g/mol. The van der Waals surface area contributed by atoms with Crippen LogP contribution in [0.4, 0.5) is 0 Å². The summed E-state index contributed by atoms with van der Waals surface area (Å²) in [6.07, 6.45) is 11.4. The molecule has 2 aromatic rings. The lowest BCUT2D eigenvalue weighted by Gasteiger charge is -2.34. The summed E-state index contributed by atoms with van der Waals surface area (Å²) in [6.45, 7) is 4.60. The molecule has 2 aromatic carbocycles. The average molecular weight is 396 g/mol. The number of hydrogen-bond donors (Lipinski definition) is 0. The average Bonchev–Trinajstić information content (AvgIpc) is 2.73. The number of fused-ring (bicyclic) bond motifs is 1. The van der Waals surface area contributed by atoms with Crippen LogP contribution in [0.1, 0.15) is 76.1 Å². The third-order valence-electron chi connectivity index (χ3n) is 6.73. The Kier molecular flexibility index (Phi) is 7.71. The van der Waals surface area contributed by atoms with Gasteiger partial charge in [0.15, 0.2) is 5.78 Å². The minimum atomic E-state index is 0. The van der Waals surface area contributed by atoms with Gasteiger partial charge in [0.2, 0.25) is 0 Å². The molecule has 158 valence electrons. The number of nitrogens with zero attached hydrogens (tertiary/aromatic N) is 1. The molecular formula is C26H37NO2. The van der Waals surface area contributed by atoms with Gasteiger partial charge in [0.25, 0.3) is 0 Å². The Hall–Kier alpha value is -1.87. The van der Waals surface area contributed by atoms with Crippen LogP contribution in [-0.4, -0.2) is 30.5 Å². The fourth-order valence-corrected chi connectivity index (χ4v) is 4.94. The van der Waals surface area contributed by atoms with Crippen molar-refractivity contribution in [1.82, 2.24) is 4.90 Å². The Morgan fingerprint density at radius 1 is 0.931 bits per heavy atom. The van der Waals surface area contributed by atoms with Gasteiger partial charge < -0.3 is 4.74 Å². The predicted octanol–water partition coefficient (Wildman–Crippen LogP) is 6.70. The number of ether oxygens (including phenoxy) is 1. The molecule has 0 unspecified atom stereocenters. The number of ketones is 1. The van der Waals surface area contributed by atoms with Crippen LogP contribution >= 0.6 is 0 Å². The van der Waals surface area contributed by atoms with E-state index in [-0.39, 0.29) is 13.2 Å². The van der Waals surface area contributed by atoms with E-state index in [4.69, 9.17) is 4.74 Å². The molecule has 4 rings (SSSR count). The van der Waals surface area contributed by atoms with Gasteiger partial charge in [-0.25, -0.2) is 0 Å². The number of piperidine rings is 1. The summed E-state index contributed by atoms with van der Waals surface area (Å²) >= 11 is 0. The van der Waals surface area contributed by atoms with Gasteiger partial charge in [-0.15, -0.1) is 0 Å². The first-order valence-electron chi connectivity index (χ1n) is 11.1. The molecule has 0 N–H and O–H groups in total. The highest BCUT2D eigenvalue weighted by molar-refractivity contribution is 5.98. The number of benzene rings is 2. The topological polar surface area (TPSA) is 29.5 Å². The fraction of sp³-hybridized carbons (Fsp3) is 0.577.